The van der Waals surface area contributed by atoms with Crippen LogP contribution in [0.15, 0.2) is 18.3 Å². The molecule has 0 aliphatic rings. The Morgan fingerprint density at radius 3 is 2.72 bits per heavy atom. The fraction of sp³-hybridized carbons (Fsp3) is 0.571. The molecule has 0 bridgehead atoms. The second-order valence-corrected chi connectivity index (χ2v) is 5.42. The minimum absolute atomic E-state index is 0.170. The van der Waals surface area contributed by atoms with Gasteiger partial charge in [0.15, 0.2) is 0 Å². The summed E-state index contributed by atoms with van der Waals surface area (Å²) in [6.07, 6.45) is 1.61. The maximum Gasteiger partial charge on any atom is 0.338 e. The number of aromatic nitrogens is 1. The number of pyridine rings is 1. The van der Waals surface area contributed by atoms with E-state index in [0.717, 1.165) is 6.54 Å². The van der Waals surface area contributed by atoms with Crippen molar-refractivity contribution < 1.29 is 9.53 Å². The number of carbonyl (C=O) groups excluding carboxylic acids is 1. The molecular weight excluding hydrogens is 228 g/mol. The molecular formula is C14H22N2O2. The highest BCUT2D eigenvalue weighted by atomic mass is 16.5. The van der Waals surface area contributed by atoms with Crippen molar-refractivity contribution in [3.63, 3.8) is 0 Å². The summed E-state index contributed by atoms with van der Waals surface area (Å²) < 4.78 is 4.68. The summed E-state index contributed by atoms with van der Waals surface area (Å²) in [6, 6.07) is 3.35. The van der Waals surface area contributed by atoms with Gasteiger partial charge in [-0.3, -0.25) is 0 Å². The molecule has 18 heavy (non-hydrogen) atoms. The topological polar surface area (TPSA) is 51.2 Å². The van der Waals surface area contributed by atoms with Gasteiger partial charge in [-0.2, -0.15) is 0 Å². The fourth-order valence-electron chi connectivity index (χ4n) is 1.29. The quantitative estimate of drug-likeness (QED) is 0.816. The normalized spacial score (nSPS) is 11.4. The summed E-state index contributed by atoms with van der Waals surface area (Å²) in [5, 5.41) is 3.27. The fourth-order valence-corrected chi connectivity index (χ4v) is 1.29. The zero-order valence-electron chi connectivity index (χ0n) is 11.8. The van der Waals surface area contributed by atoms with Crippen LogP contribution in [0.25, 0.3) is 0 Å². The van der Waals surface area contributed by atoms with Crippen LogP contribution in [0.1, 0.15) is 38.1 Å². The van der Waals surface area contributed by atoms with Crippen LogP contribution in [-0.2, 0) is 4.74 Å². The summed E-state index contributed by atoms with van der Waals surface area (Å²) in [5.41, 5.74) is 0.681. The first-order valence-corrected chi connectivity index (χ1v) is 6.15. The van der Waals surface area contributed by atoms with E-state index < -0.39 is 0 Å². The summed E-state index contributed by atoms with van der Waals surface area (Å²) in [7, 11) is 1.37. The van der Waals surface area contributed by atoms with Crippen molar-refractivity contribution in [3.8, 4) is 0 Å². The van der Waals surface area contributed by atoms with E-state index in [1.54, 1.807) is 18.3 Å². The van der Waals surface area contributed by atoms with E-state index in [1.807, 2.05) is 0 Å². The number of nitrogens with zero attached hydrogens (tertiary/aromatic N) is 1. The molecule has 100 valence electrons. The number of esters is 1. The van der Waals surface area contributed by atoms with Crippen molar-refractivity contribution in [2.45, 2.75) is 27.7 Å². The average molecular weight is 250 g/mol. The third kappa shape index (κ3) is 3.72. The standard InChI is InChI=1S/C14H22N2O2/c1-10(2)14(3,4)9-16-12-8-11(6-7-15-12)13(17)18-5/h6-8,10H,9H2,1-5H3,(H,15,16). The summed E-state index contributed by atoms with van der Waals surface area (Å²) >= 11 is 0. The number of hydrogen-bond donors (Lipinski definition) is 1. The van der Waals surface area contributed by atoms with Crippen LogP contribution in [0.4, 0.5) is 5.82 Å². The molecule has 1 rings (SSSR count). The van der Waals surface area contributed by atoms with Gasteiger partial charge in [0.1, 0.15) is 5.82 Å². The van der Waals surface area contributed by atoms with E-state index in [1.165, 1.54) is 7.11 Å². The number of nitrogens with one attached hydrogen (secondary N) is 1. The lowest BCUT2D eigenvalue weighted by Gasteiger charge is -2.29. The third-order valence-electron chi connectivity index (χ3n) is 3.47. The van der Waals surface area contributed by atoms with Crippen LogP contribution in [-0.4, -0.2) is 24.6 Å². The second-order valence-electron chi connectivity index (χ2n) is 5.42. The van der Waals surface area contributed by atoms with Gasteiger partial charge in [-0.1, -0.05) is 27.7 Å². The van der Waals surface area contributed by atoms with Crippen molar-refractivity contribution in [1.29, 1.82) is 0 Å². The van der Waals surface area contributed by atoms with Crippen molar-refractivity contribution in [3.05, 3.63) is 23.9 Å². The van der Waals surface area contributed by atoms with Crippen LogP contribution >= 0.6 is 0 Å². The first-order chi connectivity index (χ1) is 8.36. The molecule has 0 spiro atoms. The van der Waals surface area contributed by atoms with Gasteiger partial charge >= 0.3 is 5.97 Å². The zero-order chi connectivity index (χ0) is 13.8. The maximum absolute atomic E-state index is 11.4. The first-order valence-electron chi connectivity index (χ1n) is 6.15. The highest BCUT2D eigenvalue weighted by Gasteiger charge is 2.22. The Labute approximate surface area is 109 Å². The monoisotopic (exact) mass is 250 g/mol. The lowest BCUT2D eigenvalue weighted by molar-refractivity contribution is 0.0600. The molecule has 4 heteroatoms. The van der Waals surface area contributed by atoms with Crippen LogP contribution in [0.3, 0.4) is 0 Å². The number of anilines is 1. The van der Waals surface area contributed by atoms with Gasteiger partial charge in [-0.05, 0) is 23.5 Å². The molecule has 0 radical (unpaired) electrons. The smallest absolute Gasteiger partial charge is 0.338 e. The molecule has 1 aromatic rings. The number of ether oxygens (including phenoxy) is 1. The van der Waals surface area contributed by atoms with E-state index in [0.29, 0.717) is 17.3 Å². The Balaban J connectivity index is 2.72. The van der Waals surface area contributed by atoms with Gasteiger partial charge in [0.2, 0.25) is 0 Å². The Morgan fingerprint density at radius 2 is 2.17 bits per heavy atom. The predicted octanol–water partition coefficient (Wildman–Crippen LogP) is 2.96. The summed E-state index contributed by atoms with van der Waals surface area (Å²) in [4.78, 5) is 15.6. The molecule has 0 aromatic carbocycles. The summed E-state index contributed by atoms with van der Waals surface area (Å²) in [6.45, 7) is 9.60. The Morgan fingerprint density at radius 1 is 1.50 bits per heavy atom. The Kier molecular flexibility index (Phi) is 4.70. The molecule has 1 heterocycles. The Bertz CT molecular complexity index is 414. The maximum atomic E-state index is 11.4. The molecule has 4 nitrogen and oxygen atoms in total. The van der Waals surface area contributed by atoms with Crippen molar-refractivity contribution in [1.82, 2.24) is 4.98 Å². The van der Waals surface area contributed by atoms with Crippen LogP contribution in [0.5, 0.6) is 0 Å². The lowest BCUT2D eigenvalue weighted by atomic mass is 9.81. The van der Waals surface area contributed by atoms with Crippen LogP contribution in [0, 0.1) is 11.3 Å². The van der Waals surface area contributed by atoms with E-state index in [9.17, 15) is 4.79 Å². The zero-order valence-corrected chi connectivity index (χ0v) is 11.8. The second kappa shape index (κ2) is 5.85. The average Bonchev–Trinajstić information content (AvgIpc) is 2.35. The van der Waals surface area contributed by atoms with Crippen LogP contribution < -0.4 is 5.32 Å². The number of methoxy groups -OCH3 is 1. The largest absolute Gasteiger partial charge is 0.465 e. The molecule has 1 aromatic heterocycles. The predicted molar refractivity (Wildman–Crippen MR) is 72.7 cm³/mol. The number of rotatable bonds is 5. The van der Waals surface area contributed by atoms with Crippen molar-refractivity contribution in [2.24, 2.45) is 11.3 Å². The van der Waals surface area contributed by atoms with Gasteiger partial charge in [0, 0.05) is 12.7 Å². The Hall–Kier alpha value is -1.58. The molecule has 0 saturated heterocycles. The molecule has 0 aliphatic heterocycles. The minimum atomic E-state index is -0.344. The van der Waals surface area contributed by atoms with E-state index >= 15 is 0 Å². The van der Waals surface area contributed by atoms with E-state index in [4.69, 9.17) is 0 Å². The number of hydrogen-bond acceptors (Lipinski definition) is 4. The third-order valence-corrected chi connectivity index (χ3v) is 3.47. The van der Waals surface area contributed by atoms with E-state index in [2.05, 4.69) is 42.7 Å². The molecule has 0 saturated carbocycles. The SMILES string of the molecule is COC(=O)c1ccnc(NCC(C)(C)C(C)C)c1. The molecule has 1 N–H and O–H groups in total. The van der Waals surface area contributed by atoms with Gasteiger partial charge in [0.05, 0.1) is 12.7 Å². The van der Waals surface area contributed by atoms with Crippen molar-refractivity contribution >= 4 is 11.8 Å². The minimum Gasteiger partial charge on any atom is -0.465 e. The van der Waals surface area contributed by atoms with E-state index in [-0.39, 0.29) is 11.4 Å². The van der Waals surface area contributed by atoms with Gasteiger partial charge in [0.25, 0.3) is 0 Å². The van der Waals surface area contributed by atoms with Crippen molar-refractivity contribution in [2.75, 3.05) is 19.0 Å². The highest BCUT2D eigenvalue weighted by Crippen LogP contribution is 2.26. The molecule has 0 atom stereocenters. The highest BCUT2D eigenvalue weighted by molar-refractivity contribution is 5.89. The molecule has 0 fully saturated rings. The molecule has 0 unspecified atom stereocenters. The summed E-state index contributed by atoms with van der Waals surface area (Å²) in [5.74, 6) is 0.920. The first kappa shape index (κ1) is 14.5. The molecule has 0 aliphatic carbocycles. The van der Waals surface area contributed by atoms with Crippen LogP contribution in [0.2, 0.25) is 0 Å². The molecule has 0 amide bonds. The van der Waals surface area contributed by atoms with Gasteiger partial charge < -0.3 is 10.1 Å². The number of carbonyl (C=O) groups is 1. The van der Waals surface area contributed by atoms with Gasteiger partial charge in [-0.25, -0.2) is 9.78 Å². The lowest BCUT2D eigenvalue weighted by Crippen LogP contribution is -2.28. The van der Waals surface area contributed by atoms with Gasteiger partial charge in [-0.15, -0.1) is 0 Å².